The molecular formula is C11H24N2O2. The van der Waals surface area contributed by atoms with Crippen molar-refractivity contribution in [3.8, 4) is 0 Å². The molecule has 15 heavy (non-hydrogen) atoms. The Kier molecular flexibility index (Phi) is 9.52. The number of morpholine rings is 1. The summed E-state index contributed by atoms with van der Waals surface area (Å²) in [5.74, 6) is 0. The van der Waals surface area contributed by atoms with E-state index in [1.54, 1.807) is 14.1 Å². The zero-order chi connectivity index (χ0) is 11.5. The molecule has 0 atom stereocenters. The molecule has 1 aliphatic rings. The quantitative estimate of drug-likeness (QED) is 0.652. The van der Waals surface area contributed by atoms with Crippen molar-refractivity contribution in [2.45, 2.75) is 19.8 Å². The van der Waals surface area contributed by atoms with Crippen LogP contribution in [-0.2, 0) is 9.53 Å². The number of ether oxygens (including phenoxy) is 1. The highest BCUT2D eigenvalue weighted by Gasteiger charge is 2.07. The van der Waals surface area contributed by atoms with Crippen molar-refractivity contribution in [2.75, 3.05) is 46.9 Å². The van der Waals surface area contributed by atoms with Crippen molar-refractivity contribution in [1.82, 2.24) is 9.80 Å². The van der Waals surface area contributed by atoms with Crippen LogP contribution in [0.5, 0.6) is 0 Å². The van der Waals surface area contributed by atoms with Gasteiger partial charge in [-0.2, -0.15) is 0 Å². The lowest BCUT2D eigenvalue weighted by Gasteiger charge is -2.26. The van der Waals surface area contributed by atoms with Gasteiger partial charge < -0.3 is 9.64 Å². The normalized spacial score (nSPS) is 16.5. The molecule has 0 aromatic carbocycles. The molecule has 0 aromatic heterocycles. The summed E-state index contributed by atoms with van der Waals surface area (Å²) >= 11 is 0. The fraction of sp³-hybridized carbons (Fsp3) is 0.909. The first-order valence-corrected chi connectivity index (χ1v) is 5.62. The van der Waals surface area contributed by atoms with Gasteiger partial charge in [-0.3, -0.25) is 9.69 Å². The Balaban J connectivity index is 0.000000336. The van der Waals surface area contributed by atoms with Gasteiger partial charge in [0.2, 0.25) is 6.41 Å². The van der Waals surface area contributed by atoms with Gasteiger partial charge in [0, 0.05) is 27.2 Å². The van der Waals surface area contributed by atoms with E-state index >= 15 is 0 Å². The SMILES string of the molecule is CCCCN1CCOCC1.CN(C)C=O. The third-order valence-corrected chi connectivity index (χ3v) is 2.14. The molecule has 90 valence electrons. The van der Waals surface area contributed by atoms with Gasteiger partial charge in [-0.15, -0.1) is 0 Å². The smallest absolute Gasteiger partial charge is 0.209 e. The van der Waals surface area contributed by atoms with Crippen LogP contribution in [0, 0.1) is 0 Å². The second-order valence-electron chi connectivity index (χ2n) is 3.88. The van der Waals surface area contributed by atoms with Crippen LogP contribution in [0.3, 0.4) is 0 Å². The van der Waals surface area contributed by atoms with Gasteiger partial charge in [-0.05, 0) is 13.0 Å². The molecule has 1 fully saturated rings. The van der Waals surface area contributed by atoms with E-state index in [-0.39, 0.29) is 0 Å². The van der Waals surface area contributed by atoms with Gasteiger partial charge in [-0.25, -0.2) is 0 Å². The monoisotopic (exact) mass is 216 g/mol. The van der Waals surface area contributed by atoms with Crippen LogP contribution >= 0.6 is 0 Å². The Morgan fingerprint density at radius 1 is 1.33 bits per heavy atom. The molecule has 0 bridgehead atoms. The minimum absolute atomic E-state index is 0.750. The molecule has 4 heteroatoms. The van der Waals surface area contributed by atoms with Crippen LogP contribution in [-0.4, -0.2) is 63.2 Å². The lowest BCUT2D eigenvalue weighted by atomic mass is 10.3. The van der Waals surface area contributed by atoms with Gasteiger partial charge in [0.1, 0.15) is 0 Å². The summed E-state index contributed by atoms with van der Waals surface area (Å²) in [6, 6.07) is 0. The maximum atomic E-state index is 9.43. The summed E-state index contributed by atoms with van der Waals surface area (Å²) in [5, 5.41) is 0. The van der Waals surface area contributed by atoms with E-state index in [4.69, 9.17) is 4.74 Å². The van der Waals surface area contributed by atoms with Crippen molar-refractivity contribution in [3.63, 3.8) is 0 Å². The van der Waals surface area contributed by atoms with Crippen molar-refractivity contribution in [2.24, 2.45) is 0 Å². The third-order valence-electron chi connectivity index (χ3n) is 2.14. The van der Waals surface area contributed by atoms with Gasteiger partial charge in [0.25, 0.3) is 0 Å². The molecular weight excluding hydrogens is 192 g/mol. The average Bonchev–Trinajstić information content (AvgIpc) is 2.28. The molecule has 1 saturated heterocycles. The standard InChI is InChI=1S/C8H17NO.C3H7NO/c1-2-3-4-9-5-7-10-8-6-9;1-4(2)3-5/h2-8H2,1H3;3H,1-2H3. The molecule has 1 rings (SSSR count). The Labute approximate surface area is 93.2 Å². The number of carbonyl (C=O) groups is 1. The van der Waals surface area contributed by atoms with Crippen molar-refractivity contribution in [3.05, 3.63) is 0 Å². The van der Waals surface area contributed by atoms with Crippen LogP contribution in [0.4, 0.5) is 0 Å². The number of amides is 1. The van der Waals surface area contributed by atoms with Gasteiger partial charge >= 0.3 is 0 Å². The minimum atomic E-state index is 0.750. The summed E-state index contributed by atoms with van der Waals surface area (Å²) in [6.07, 6.45) is 3.39. The molecule has 0 spiro atoms. The maximum Gasteiger partial charge on any atom is 0.209 e. The van der Waals surface area contributed by atoms with E-state index in [1.165, 1.54) is 24.3 Å². The summed E-state index contributed by atoms with van der Waals surface area (Å²) in [5.41, 5.74) is 0. The highest BCUT2D eigenvalue weighted by atomic mass is 16.5. The van der Waals surface area contributed by atoms with Crippen molar-refractivity contribution in [1.29, 1.82) is 0 Å². The van der Waals surface area contributed by atoms with Crippen molar-refractivity contribution >= 4 is 6.41 Å². The predicted octanol–water partition coefficient (Wildman–Crippen LogP) is 0.823. The number of nitrogens with zero attached hydrogens (tertiary/aromatic N) is 2. The summed E-state index contributed by atoms with van der Waals surface area (Å²) in [6.45, 7) is 7.65. The summed E-state index contributed by atoms with van der Waals surface area (Å²) in [7, 11) is 3.38. The number of unbranched alkanes of at least 4 members (excludes halogenated alkanes) is 1. The van der Waals surface area contributed by atoms with E-state index < -0.39 is 0 Å². The molecule has 0 unspecified atom stereocenters. The molecule has 0 aliphatic carbocycles. The molecule has 0 radical (unpaired) electrons. The fourth-order valence-corrected chi connectivity index (χ4v) is 1.21. The Morgan fingerprint density at radius 2 is 1.87 bits per heavy atom. The third kappa shape index (κ3) is 9.69. The Bertz CT molecular complexity index is 146. The predicted molar refractivity (Wildman–Crippen MR) is 61.9 cm³/mol. The van der Waals surface area contributed by atoms with Crippen LogP contribution in [0.1, 0.15) is 19.8 Å². The zero-order valence-corrected chi connectivity index (χ0v) is 10.2. The van der Waals surface area contributed by atoms with E-state index in [0.29, 0.717) is 0 Å². The molecule has 1 heterocycles. The highest BCUT2D eigenvalue weighted by Crippen LogP contribution is 1.98. The van der Waals surface area contributed by atoms with E-state index in [1.807, 2.05) is 0 Å². The van der Waals surface area contributed by atoms with Crippen LogP contribution in [0.15, 0.2) is 0 Å². The number of carbonyl (C=O) groups excluding carboxylic acids is 1. The van der Waals surface area contributed by atoms with Crippen LogP contribution < -0.4 is 0 Å². The number of rotatable bonds is 4. The largest absolute Gasteiger partial charge is 0.379 e. The first-order chi connectivity index (χ1) is 7.20. The second kappa shape index (κ2) is 9.93. The average molecular weight is 216 g/mol. The van der Waals surface area contributed by atoms with Gasteiger partial charge in [0.05, 0.1) is 13.2 Å². The minimum Gasteiger partial charge on any atom is -0.379 e. The number of hydrogen-bond acceptors (Lipinski definition) is 3. The highest BCUT2D eigenvalue weighted by molar-refractivity contribution is 5.45. The first-order valence-electron chi connectivity index (χ1n) is 5.62. The van der Waals surface area contributed by atoms with Gasteiger partial charge in [0.15, 0.2) is 0 Å². The summed E-state index contributed by atoms with van der Waals surface area (Å²) in [4.78, 5) is 13.4. The first kappa shape index (κ1) is 14.4. The van der Waals surface area contributed by atoms with Crippen LogP contribution in [0.25, 0.3) is 0 Å². The fourth-order valence-electron chi connectivity index (χ4n) is 1.21. The molecule has 0 aromatic rings. The number of hydrogen-bond donors (Lipinski definition) is 0. The molecule has 1 amide bonds. The van der Waals surface area contributed by atoms with E-state index in [0.717, 1.165) is 32.7 Å². The molecule has 0 N–H and O–H groups in total. The maximum absolute atomic E-state index is 9.43. The Hall–Kier alpha value is -0.610. The van der Waals surface area contributed by atoms with Crippen LogP contribution in [0.2, 0.25) is 0 Å². The lowest BCUT2D eigenvalue weighted by molar-refractivity contribution is -0.115. The zero-order valence-electron chi connectivity index (χ0n) is 10.2. The molecule has 0 saturated carbocycles. The molecule has 1 aliphatic heterocycles. The van der Waals surface area contributed by atoms with Crippen molar-refractivity contribution < 1.29 is 9.53 Å². The second-order valence-corrected chi connectivity index (χ2v) is 3.88. The molecule has 4 nitrogen and oxygen atoms in total. The van der Waals surface area contributed by atoms with Gasteiger partial charge in [-0.1, -0.05) is 13.3 Å². The lowest BCUT2D eigenvalue weighted by Crippen LogP contribution is -2.36. The van der Waals surface area contributed by atoms with E-state index in [9.17, 15) is 4.79 Å². The Morgan fingerprint density at radius 3 is 2.27 bits per heavy atom. The summed E-state index contributed by atoms with van der Waals surface area (Å²) < 4.78 is 5.24. The van der Waals surface area contributed by atoms with E-state index in [2.05, 4.69) is 11.8 Å². The topological polar surface area (TPSA) is 32.8 Å².